The first-order chi connectivity index (χ1) is 9.40. The molecule has 0 spiro atoms. The van der Waals surface area contributed by atoms with Crippen LogP contribution >= 0.6 is 11.3 Å². The van der Waals surface area contributed by atoms with Crippen molar-refractivity contribution in [3.8, 4) is 11.8 Å². The molecule has 0 fully saturated rings. The Balaban J connectivity index is 1.80. The van der Waals surface area contributed by atoms with Crippen LogP contribution in [0.15, 0.2) is 41.8 Å². The van der Waals surface area contributed by atoms with Gasteiger partial charge in [0.15, 0.2) is 6.61 Å². The molecular weight excluding hydrogens is 256 g/mol. The second-order valence-electron chi connectivity index (χ2n) is 4.06. The average molecular weight is 272 g/mol. The minimum absolute atomic E-state index is 0.0895. The Labute approximate surface area is 117 Å². The average Bonchev–Trinajstić information content (AvgIpc) is 2.95. The van der Waals surface area contributed by atoms with Gasteiger partial charge >= 0.3 is 0 Å². The van der Waals surface area contributed by atoms with Gasteiger partial charge in [0.25, 0.3) is 0 Å². The number of nitrogens with zero attached hydrogens (tertiary/aromatic N) is 1. The van der Waals surface area contributed by atoms with Gasteiger partial charge in [-0.05, 0) is 23.9 Å². The highest BCUT2D eigenvalue weighted by molar-refractivity contribution is 7.09. The second kappa shape index (κ2) is 7.57. The molecule has 0 unspecified atom stereocenters. The zero-order valence-corrected chi connectivity index (χ0v) is 11.5. The Kier molecular flexibility index (Phi) is 5.42. The SMILES string of the molecule is N#CCOc1ccccc1CNCCc1cccs1. The van der Waals surface area contributed by atoms with Crippen LogP contribution in [0.3, 0.4) is 0 Å². The molecule has 0 aliphatic rings. The van der Waals surface area contributed by atoms with E-state index in [0.717, 1.165) is 30.8 Å². The molecule has 0 aliphatic heterocycles. The number of ether oxygens (including phenoxy) is 1. The number of para-hydroxylation sites is 1. The highest BCUT2D eigenvalue weighted by Gasteiger charge is 2.02. The molecule has 0 radical (unpaired) electrons. The third-order valence-corrected chi connectivity index (χ3v) is 3.64. The first kappa shape index (κ1) is 13.6. The van der Waals surface area contributed by atoms with E-state index >= 15 is 0 Å². The van der Waals surface area contributed by atoms with Crippen molar-refractivity contribution in [1.82, 2.24) is 5.32 Å². The monoisotopic (exact) mass is 272 g/mol. The highest BCUT2D eigenvalue weighted by Crippen LogP contribution is 2.17. The van der Waals surface area contributed by atoms with Crippen LogP contribution in [0.5, 0.6) is 5.75 Å². The normalized spacial score (nSPS) is 10.1. The van der Waals surface area contributed by atoms with E-state index in [1.807, 2.05) is 30.3 Å². The summed E-state index contributed by atoms with van der Waals surface area (Å²) in [6, 6.07) is 14.0. The van der Waals surface area contributed by atoms with E-state index < -0.39 is 0 Å². The van der Waals surface area contributed by atoms with Gasteiger partial charge in [0.1, 0.15) is 11.8 Å². The molecule has 0 saturated carbocycles. The number of thiophene rings is 1. The van der Waals surface area contributed by atoms with E-state index in [4.69, 9.17) is 10.00 Å². The van der Waals surface area contributed by atoms with E-state index in [1.54, 1.807) is 11.3 Å². The third-order valence-electron chi connectivity index (χ3n) is 2.71. The minimum atomic E-state index is 0.0895. The van der Waals surface area contributed by atoms with E-state index in [-0.39, 0.29) is 6.61 Å². The Morgan fingerprint density at radius 2 is 2.11 bits per heavy atom. The molecule has 4 heteroatoms. The molecule has 1 aromatic carbocycles. The molecule has 1 heterocycles. The maximum atomic E-state index is 8.55. The Hall–Kier alpha value is -1.83. The molecule has 1 aromatic heterocycles. The fraction of sp³-hybridized carbons (Fsp3) is 0.267. The van der Waals surface area contributed by atoms with Crippen LogP contribution in [0.2, 0.25) is 0 Å². The topological polar surface area (TPSA) is 45.0 Å². The summed E-state index contributed by atoms with van der Waals surface area (Å²) < 4.78 is 5.39. The van der Waals surface area contributed by atoms with Gasteiger partial charge in [0.05, 0.1) is 0 Å². The lowest BCUT2D eigenvalue weighted by molar-refractivity contribution is 0.362. The Morgan fingerprint density at radius 1 is 1.21 bits per heavy atom. The number of benzene rings is 1. The number of hydrogen-bond donors (Lipinski definition) is 1. The third kappa shape index (κ3) is 4.40. The summed E-state index contributed by atoms with van der Waals surface area (Å²) in [4.78, 5) is 1.39. The molecule has 0 aliphatic carbocycles. The molecule has 0 amide bonds. The van der Waals surface area contributed by atoms with Crippen LogP contribution in [0, 0.1) is 11.3 Å². The lowest BCUT2D eigenvalue weighted by atomic mass is 10.2. The van der Waals surface area contributed by atoms with Crippen LogP contribution in [-0.4, -0.2) is 13.2 Å². The number of nitriles is 1. The van der Waals surface area contributed by atoms with Gasteiger partial charge in [-0.3, -0.25) is 0 Å². The second-order valence-corrected chi connectivity index (χ2v) is 5.09. The summed E-state index contributed by atoms with van der Waals surface area (Å²) in [5, 5.41) is 14.0. The van der Waals surface area contributed by atoms with Crippen LogP contribution < -0.4 is 10.1 Å². The Morgan fingerprint density at radius 3 is 2.89 bits per heavy atom. The summed E-state index contributed by atoms with van der Waals surface area (Å²) in [7, 11) is 0. The van der Waals surface area contributed by atoms with Crippen molar-refractivity contribution in [2.24, 2.45) is 0 Å². The molecule has 3 nitrogen and oxygen atoms in total. The molecule has 1 N–H and O–H groups in total. The summed E-state index contributed by atoms with van der Waals surface area (Å²) in [5.74, 6) is 0.785. The van der Waals surface area contributed by atoms with Crippen molar-refractivity contribution >= 4 is 11.3 Å². The largest absolute Gasteiger partial charge is 0.478 e. The van der Waals surface area contributed by atoms with Gasteiger partial charge in [0.2, 0.25) is 0 Å². The van der Waals surface area contributed by atoms with Gasteiger partial charge < -0.3 is 10.1 Å². The lowest BCUT2D eigenvalue weighted by Crippen LogP contribution is -2.17. The fourth-order valence-corrected chi connectivity index (χ4v) is 2.50. The summed E-state index contributed by atoms with van der Waals surface area (Å²) in [6.07, 6.45) is 1.04. The zero-order chi connectivity index (χ0) is 13.3. The minimum Gasteiger partial charge on any atom is -0.478 e. The lowest BCUT2D eigenvalue weighted by Gasteiger charge is -2.09. The van der Waals surface area contributed by atoms with Crippen LogP contribution in [0.4, 0.5) is 0 Å². The van der Waals surface area contributed by atoms with Crippen molar-refractivity contribution in [1.29, 1.82) is 5.26 Å². The standard InChI is InChI=1S/C15H16N2OS/c16-8-10-18-15-6-2-1-4-13(15)12-17-9-7-14-5-3-11-19-14/h1-6,11,17H,7,9-10,12H2. The van der Waals surface area contributed by atoms with Crippen molar-refractivity contribution in [3.05, 3.63) is 52.2 Å². The van der Waals surface area contributed by atoms with Crippen molar-refractivity contribution < 1.29 is 4.74 Å². The van der Waals surface area contributed by atoms with Crippen molar-refractivity contribution in [2.45, 2.75) is 13.0 Å². The van der Waals surface area contributed by atoms with Crippen LogP contribution in [0.1, 0.15) is 10.4 Å². The van der Waals surface area contributed by atoms with Crippen molar-refractivity contribution in [3.63, 3.8) is 0 Å². The van der Waals surface area contributed by atoms with Gasteiger partial charge in [-0.1, -0.05) is 24.3 Å². The predicted molar refractivity (Wildman–Crippen MR) is 77.3 cm³/mol. The van der Waals surface area contributed by atoms with Crippen LogP contribution in [-0.2, 0) is 13.0 Å². The van der Waals surface area contributed by atoms with E-state index in [9.17, 15) is 0 Å². The molecule has 98 valence electrons. The number of hydrogen-bond acceptors (Lipinski definition) is 4. The van der Waals surface area contributed by atoms with Crippen molar-refractivity contribution in [2.75, 3.05) is 13.2 Å². The molecule has 0 saturated heterocycles. The first-order valence-corrected chi connectivity index (χ1v) is 7.09. The van der Waals surface area contributed by atoms with E-state index in [2.05, 4.69) is 22.8 Å². The number of rotatable bonds is 7. The first-order valence-electron chi connectivity index (χ1n) is 6.21. The van der Waals surface area contributed by atoms with Gasteiger partial charge in [-0.15, -0.1) is 11.3 Å². The number of nitrogens with one attached hydrogen (secondary N) is 1. The molecule has 2 rings (SSSR count). The molecule has 19 heavy (non-hydrogen) atoms. The summed E-state index contributed by atoms with van der Waals surface area (Å²) in [6.45, 7) is 1.78. The highest BCUT2D eigenvalue weighted by atomic mass is 32.1. The molecular formula is C15H16N2OS. The molecule has 0 atom stereocenters. The van der Waals surface area contributed by atoms with Gasteiger partial charge in [-0.25, -0.2) is 0 Å². The predicted octanol–water partition coefficient (Wildman–Crippen LogP) is 2.98. The molecule has 2 aromatic rings. The molecule has 0 bridgehead atoms. The van der Waals surface area contributed by atoms with Gasteiger partial charge in [-0.2, -0.15) is 5.26 Å². The maximum Gasteiger partial charge on any atom is 0.174 e. The van der Waals surface area contributed by atoms with E-state index in [0.29, 0.717) is 0 Å². The quantitative estimate of drug-likeness (QED) is 0.788. The fourth-order valence-electron chi connectivity index (χ4n) is 1.79. The van der Waals surface area contributed by atoms with Crippen LogP contribution in [0.25, 0.3) is 0 Å². The zero-order valence-electron chi connectivity index (χ0n) is 10.6. The van der Waals surface area contributed by atoms with Gasteiger partial charge in [0, 0.05) is 23.5 Å². The summed E-state index contributed by atoms with van der Waals surface area (Å²) >= 11 is 1.78. The smallest absolute Gasteiger partial charge is 0.174 e. The Bertz CT molecular complexity index is 531. The maximum absolute atomic E-state index is 8.55. The summed E-state index contributed by atoms with van der Waals surface area (Å²) in [5.41, 5.74) is 1.09. The van der Waals surface area contributed by atoms with E-state index in [1.165, 1.54) is 4.88 Å².